The molecule has 168 valence electrons. The molecule has 5 nitrogen and oxygen atoms in total. The molecule has 1 heterocycles. The van der Waals surface area contributed by atoms with Crippen LogP contribution in [0.25, 0.3) is 0 Å². The maximum absolute atomic E-state index is 13.0. The molecule has 31 heavy (non-hydrogen) atoms. The van der Waals surface area contributed by atoms with E-state index in [-0.39, 0.29) is 18.4 Å². The average Bonchev–Trinajstić information content (AvgIpc) is 2.73. The van der Waals surface area contributed by atoms with Crippen LogP contribution in [0.15, 0.2) is 28.8 Å². The molecule has 1 unspecified atom stereocenters. The van der Waals surface area contributed by atoms with E-state index >= 15 is 0 Å². The van der Waals surface area contributed by atoms with E-state index in [9.17, 15) is 9.59 Å². The second-order valence-corrected chi connectivity index (χ2v) is 9.32. The lowest BCUT2D eigenvalue weighted by atomic mass is 9.88. The van der Waals surface area contributed by atoms with Gasteiger partial charge in [-0.2, -0.15) is 0 Å². The Bertz CT molecular complexity index is 900. The fourth-order valence-electron chi connectivity index (χ4n) is 4.76. The van der Waals surface area contributed by atoms with Crippen LogP contribution in [0.2, 0.25) is 5.02 Å². The maximum atomic E-state index is 13.0. The third-order valence-electron chi connectivity index (χ3n) is 6.55. The van der Waals surface area contributed by atoms with Gasteiger partial charge in [0.05, 0.1) is 5.92 Å². The smallest absolute Gasteiger partial charge is 0.254 e. The van der Waals surface area contributed by atoms with Gasteiger partial charge in [-0.15, -0.1) is 0 Å². The normalized spacial score (nSPS) is 19.6. The molecule has 2 amide bonds. The van der Waals surface area contributed by atoms with Gasteiger partial charge >= 0.3 is 0 Å². The van der Waals surface area contributed by atoms with Gasteiger partial charge in [0.1, 0.15) is 0 Å². The lowest BCUT2D eigenvalue weighted by Gasteiger charge is -2.32. The molecule has 1 aliphatic carbocycles. The van der Waals surface area contributed by atoms with Crippen molar-refractivity contribution in [2.75, 3.05) is 24.5 Å². The first-order valence-corrected chi connectivity index (χ1v) is 11.8. The highest BCUT2D eigenvalue weighted by molar-refractivity contribution is 6.31. The molecular formula is C25H34ClN3O2. The number of halogens is 1. The fourth-order valence-corrected chi connectivity index (χ4v) is 4.97. The Balaban J connectivity index is 1.75. The molecule has 0 spiro atoms. The van der Waals surface area contributed by atoms with Gasteiger partial charge in [-0.1, -0.05) is 36.4 Å². The highest BCUT2D eigenvalue weighted by Gasteiger charge is 2.25. The van der Waals surface area contributed by atoms with Gasteiger partial charge in [0, 0.05) is 41.6 Å². The van der Waals surface area contributed by atoms with E-state index in [4.69, 9.17) is 11.6 Å². The Morgan fingerprint density at radius 1 is 1.19 bits per heavy atom. The van der Waals surface area contributed by atoms with Gasteiger partial charge < -0.3 is 10.2 Å². The maximum Gasteiger partial charge on any atom is 0.254 e. The second kappa shape index (κ2) is 10.4. The van der Waals surface area contributed by atoms with E-state index < -0.39 is 5.92 Å². The van der Waals surface area contributed by atoms with Crippen LogP contribution in [0.3, 0.4) is 0 Å². The van der Waals surface area contributed by atoms with Crippen LogP contribution < -0.4 is 10.2 Å². The number of benzene rings is 1. The Morgan fingerprint density at radius 2 is 1.90 bits per heavy atom. The number of dihydropyridines is 1. The number of amides is 2. The van der Waals surface area contributed by atoms with E-state index in [1.165, 1.54) is 32.1 Å². The van der Waals surface area contributed by atoms with Gasteiger partial charge in [0.2, 0.25) is 0 Å². The summed E-state index contributed by atoms with van der Waals surface area (Å²) in [5.74, 6) is -0.127. The SMILES string of the molecule is CCN(CC1CCCCC1)c1cc(Cl)cc(C(=O)NCC2C(=O)N=C(C)C=C2C)c1C. The second-order valence-electron chi connectivity index (χ2n) is 8.88. The molecule has 1 atom stereocenters. The van der Waals surface area contributed by atoms with Crippen LogP contribution in [0.4, 0.5) is 5.69 Å². The number of hydrogen-bond donors (Lipinski definition) is 1. The third kappa shape index (κ3) is 5.76. The quantitative estimate of drug-likeness (QED) is 0.617. The van der Waals surface area contributed by atoms with Crippen LogP contribution in [-0.2, 0) is 4.79 Å². The van der Waals surface area contributed by atoms with E-state index in [1.807, 2.05) is 26.0 Å². The predicted molar refractivity (Wildman–Crippen MR) is 128 cm³/mol. The van der Waals surface area contributed by atoms with Crippen molar-refractivity contribution in [3.05, 3.63) is 39.9 Å². The highest BCUT2D eigenvalue weighted by Crippen LogP contribution is 2.31. The van der Waals surface area contributed by atoms with Gasteiger partial charge in [-0.05, 0) is 70.2 Å². The largest absolute Gasteiger partial charge is 0.371 e. The van der Waals surface area contributed by atoms with E-state index in [0.717, 1.165) is 29.9 Å². The minimum atomic E-state index is -0.412. The summed E-state index contributed by atoms with van der Waals surface area (Å²) in [6.45, 7) is 9.94. The summed E-state index contributed by atoms with van der Waals surface area (Å²) >= 11 is 6.43. The fraction of sp³-hybridized carbons (Fsp3) is 0.560. The van der Waals surface area contributed by atoms with Crippen molar-refractivity contribution in [3.63, 3.8) is 0 Å². The van der Waals surface area contributed by atoms with Gasteiger partial charge in [-0.3, -0.25) is 9.59 Å². The molecule has 1 aromatic rings. The van der Waals surface area contributed by atoms with Crippen LogP contribution in [0, 0.1) is 18.8 Å². The minimum absolute atomic E-state index is 0.203. The Kier molecular flexibility index (Phi) is 7.93. The van der Waals surface area contributed by atoms with Crippen molar-refractivity contribution in [2.24, 2.45) is 16.8 Å². The number of anilines is 1. The van der Waals surface area contributed by atoms with Gasteiger partial charge in [0.15, 0.2) is 0 Å². The Labute approximate surface area is 190 Å². The Hall–Kier alpha value is -2.14. The zero-order chi connectivity index (χ0) is 22.5. The summed E-state index contributed by atoms with van der Waals surface area (Å²) in [7, 11) is 0. The molecule has 1 aromatic carbocycles. The number of nitrogens with one attached hydrogen (secondary N) is 1. The summed E-state index contributed by atoms with van der Waals surface area (Å²) in [6.07, 6.45) is 8.39. The molecule has 1 fully saturated rings. The number of carbonyl (C=O) groups excluding carboxylic acids is 2. The number of nitrogens with zero attached hydrogens (tertiary/aromatic N) is 2. The molecule has 1 saturated carbocycles. The molecule has 0 saturated heterocycles. The molecular weight excluding hydrogens is 410 g/mol. The summed E-state index contributed by atoms with van der Waals surface area (Å²) in [4.78, 5) is 31.7. The zero-order valence-corrected chi connectivity index (χ0v) is 19.9. The van der Waals surface area contributed by atoms with E-state index in [1.54, 1.807) is 13.0 Å². The molecule has 0 bridgehead atoms. The predicted octanol–water partition coefficient (Wildman–Crippen LogP) is 5.35. The van der Waals surface area contributed by atoms with Crippen molar-refractivity contribution >= 4 is 34.8 Å². The van der Waals surface area contributed by atoms with Crippen molar-refractivity contribution in [1.82, 2.24) is 5.32 Å². The number of rotatable bonds is 7. The van der Waals surface area contributed by atoms with Crippen molar-refractivity contribution in [2.45, 2.75) is 59.8 Å². The van der Waals surface area contributed by atoms with Gasteiger partial charge in [0.25, 0.3) is 11.8 Å². The molecule has 1 aliphatic heterocycles. The minimum Gasteiger partial charge on any atom is -0.371 e. The summed E-state index contributed by atoms with van der Waals surface area (Å²) in [5.41, 5.74) is 4.14. The van der Waals surface area contributed by atoms with Crippen molar-refractivity contribution in [1.29, 1.82) is 0 Å². The van der Waals surface area contributed by atoms with Crippen LogP contribution in [0.5, 0.6) is 0 Å². The van der Waals surface area contributed by atoms with Crippen molar-refractivity contribution < 1.29 is 9.59 Å². The topological polar surface area (TPSA) is 61.8 Å². The number of hydrogen-bond acceptors (Lipinski definition) is 3. The number of allylic oxidation sites excluding steroid dienone is 1. The lowest BCUT2D eigenvalue weighted by Crippen LogP contribution is -2.35. The molecule has 2 aliphatic rings. The molecule has 1 N–H and O–H groups in total. The van der Waals surface area contributed by atoms with Crippen molar-refractivity contribution in [3.8, 4) is 0 Å². The lowest BCUT2D eigenvalue weighted by molar-refractivity contribution is -0.120. The Morgan fingerprint density at radius 3 is 2.55 bits per heavy atom. The zero-order valence-electron chi connectivity index (χ0n) is 19.1. The first-order chi connectivity index (χ1) is 14.8. The summed E-state index contributed by atoms with van der Waals surface area (Å²) in [6, 6.07) is 3.69. The van der Waals surface area contributed by atoms with E-state index in [2.05, 4.69) is 22.1 Å². The standard InChI is InChI=1S/C25H34ClN3O2/c1-5-29(15-19-9-7-6-8-10-19)23-13-20(26)12-21(18(23)4)24(30)27-14-22-16(2)11-17(3)28-25(22)31/h11-13,19,22H,5-10,14-15H2,1-4H3,(H,27,30). The number of aliphatic imine (C=N–C) groups is 1. The number of carbonyl (C=O) groups is 2. The van der Waals surface area contributed by atoms with Crippen LogP contribution in [-0.4, -0.2) is 37.2 Å². The highest BCUT2D eigenvalue weighted by atomic mass is 35.5. The molecule has 0 radical (unpaired) electrons. The van der Waals surface area contributed by atoms with Gasteiger partial charge in [-0.25, -0.2) is 4.99 Å². The monoisotopic (exact) mass is 443 g/mol. The summed E-state index contributed by atoms with van der Waals surface area (Å²) < 4.78 is 0. The van der Waals surface area contributed by atoms with Crippen LogP contribution >= 0.6 is 11.6 Å². The summed E-state index contributed by atoms with van der Waals surface area (Å²) in [5, 5.41) is 3.48. The van der Waals surface area contributed by atoms with E-state index in [0.29, 0.717) is 22.2 Å². The first kappa shape index (κ1) is 23.5. The molecule has 6 heteroatoms. The molecule has 0 aromatic heterocycles. The van der Waals surface area contributed by atoms with Crippen LogP contribution in [0.1, 0.15) is 68.8 Å². The third-order valence-corrected chi connectivity index (χ3v) is 6.77. The average molecular weight is 444 g/mol. The first-order valence-electron chi connectivity index (χ1n) is 11.4. The molecule has 3 rings (SSSR count).